The number of Topliss-reactive ketones (excluding diaryl/α,β-unsaturated/α-hetero) is 1. The summed E-state index contributed by atoms with van der Waals surface area (Å²) < 4.78 is 0. The predicted octanol–water partition coefficient (Wildman–Crippen LogP) is 3.15. The molecule has 0 heterocycles. The van der Waals surface area contributed by atoms with Crippen molar-refractivity contribution in [2.45, 2.75) is 0 Å². The van der Waals surface area contributed by atoms with Crippen molar-refractivity contribution in [2.75, 3.05) is 0 Å². The lowest BCUT2D eigenvalue weighted by Crippen LogP contribution is -2.00. The molecule has 0 fully saturated rings. The fourth-order valence-electron chi connectivity index (χ4n) is 2.20. The van der Waals surface area contributed by atoms with Crippen molar-refractivity contribution in [3.63, 3.8) is 0 Å². The van der Waals surface area contributed by atoms with Gasteiger partial charge in [0, 0.05) is 11.1 Å². The van der Waals surface area contributed by atoms with Crippen molar-refractivity contribution < 1.29 is 15.0 Å². The van der Waals surface area contributed by atoms with Crippen LogP contribution in [0.5, 0.6) is 11.5 Å². The van der Waals surface area contributed by atoms with Crippen molar-refractivity contribution in [1.29, 1.82) is 0 Å². The second-order valence-corrected chi connectivity index (χ2v) is 4.58. The molecule has 0 saturated carbocycles. The van der Waals surface area contributed by atoms with Gasteiger partial charge in [-0.1, -0.05) is 24.3 Å². The molecule has 3 nitrogen and oxygen atoms in total. The van der Waals surface area contributed by atoms with Crippen molar-refractivity contribution in [2.24, 2.45) is 0 Å². The van der Waals surface area contributed by atoms with Crippen LogP contribution >= 0.6 is 0 Å². The molecule has 0 spiro atoms. The van der Waals surface area contributed by atoms with Crippen LogP contribution in [0.1, 0.15) is 11.1 Å². The number of carbonyl (C=O) groups is 1. The maximum atomic E-state index is 12.4. The van der Waals surface area contributed by atoms with Gasteiger partial charge in [0.15, 0.2) is 5.78 Å². The number of benzene rings is 2. The van der Waals surface area contributed by atoms with Crippen LogP contribution in [0.15, 0.2) is 60.7 Å². The van der Waals surface area contributed by atoms with E-state index in [0.29, 0.717) is 11.1 Å². The second kappa shape index (κ2) is 4.70. The maximum absolute atomic E-state index is 12.4. The SMILES string of the molecule is O=C1C(c2ccc(O)cc2)=CC=C1c1ccc(O)cc1. The fourth-order valence-corrected chi connectivity index (χ4v) is 2.20. The number of ketones is 1. The molecular formula is C17H12O3. The molecular weight excluding hydrogens is 252 g/mol. The van der Waals surface area contributed by atoms with Gasteiger partial charge in [0.25, 0.3) is 0 Å². The van der Waals surface area contributed by atoms with Crippen LogP contribution in [0, 0.1) is 0 Å². The molecule has 0 aromatic heterocycles. The Morgan fingerprint density at radius 2 is 0.950 bits per heavy atom. The summed E-state index contributed by atoms with van der Waals surface area (Å²) in [5, 5.41) is 18.6. The number of hydrogen-bond acceptors (Lipinski definition) is 3. The van der Waals surface area contributed by atoms with Gasteiger partial charge < -0.3 is 10.2 Å². The highest BCUT2D eigenvalue weighted by molar-refractivity contribution is 6.45. The molecule has 0 atom stereocenters. The Balaban J connectivity index is 1.89. The Morgan fingerprint density at radius 1 is 0.600 bits per heavy atom. The van der Waals surface area contributed by atoms with Gasteiger partial charge in [-0.2, -0.15) is 0 Å². The third-order valence-electron chi connectivity index (χ3n) is 3.26. The molecule has 1 aliphatic carbocycles. The lowest BCUT2D eigenvalue weighted by atomic mass is 9.97. The summed E-state index contributed by atoms with van der Waals surface area (Å²) in [6.45, 7) is 0. The smallest absolute Gasteiger partial charge is 0.194 e. The van der Waals surface area contributed by atoms with Gasteiger partial charge >= 0.3 is 0 Å². The predicted molar refractivity (Wildman–Crippen MR) is 77.2 cm³/mol. The molecule has 3 rings (SSSR count). The van der Waals surface area contributed by atoms with E-state index < -0.39 is 0 Å². The minimum Gasteiger partial charge on any atom is -0.508 e. The van der Waals surface area contributed by atoms with E-state index in [-0.39, 0.29) is 17.3 Å². The molecule has 20 heavy (non-hydrogen) atoms. The molecule has 0 saturated heterocycles. The Bertz CT molecular complexity index is 656. The fraction of sp³-hybridized carbons (Fsp3) is 0. The van der Waals surface area contributed by atoms with Crippen molar-refractivity contribution in [3.05, 3.63) is 71.8 Å². The first kappa shape index (κ1) is 12.2. The van der Waals surface area contributed by atoms with Gasteiger partial charge in [-0.3, -0.25) is 4.79 Å². The third-order valence-corrected chi connectivity index (χ3v) is 3.26. The monoisotopic (exact) mass is 264 g/mol. The lowest BCUT2D eigenvalue weighted by molar-refractivity contribution is -0.108. The van der Waals surface area contributed by atoms with Crippen LogP contribution in [0.4, 0.5) is 0 Å². The van der Waals surface area contributed by atoms with Crippen LogP contribution in [-0.4, -0.2) is 16.0 Å². The molecule has 0 bridgehead atoms. The lowest BCUT2D eigenvalue weighted by Gasteiger charge is -2.05. The normalized spacial score (nSPS) is 14.1. The van der Waals surface area contributed by atoms with Crippen LogP contribution in [0.3, 0.4) is 0 Å². The molecule has 1 aliphatic rings. The molecule has 98 valence electrons. The van der Waals surface area contributed by atoms with E-state index in [9.17, 15) is 15.0 Å². The Kier molecular flexibility index (Phi) is 2.88. The summed E-state index contributed by atoms with van der Waals surface area (Å²) in [6.07, 6.45) is 3.55. The van der Waals surface area contributed by atoms with E-state index in [2.05, 4.69) is 0 Å². The molecule has 0 unspecified atom stereocenters. The topological polar surface area (TPSA) is 57.5 Å². The minimum atomic E-state index is -0.0543. The average Bonchev–Trinajstić information content (AvgIpc) is 2.83. The zero-order valence-electron chi connectivity index (χ0n) is 10.6. The summed E-state index contributed by atoms with van der Waals surface area (Å²) >= 11 is 0. The quantitative estimate of drug-likeness (QED) is 0.876. The number of allylic oxidation sites excluding steroid dienone is 4. The molecule has 3 heteroatoms. The Labute approximate surface area is 116 Å². The van der Waals surface area contributed by atoms with Gasteiger partial charge in [0.1, 0.15) is 11.5 Å². The molecule has 2 aromatic carbocycles. The maximum Gasteiger partial charge on any atom is 0.194 e. The molecule has 0 amide bonds. The summed E-state index contributed by atoms with van der Waals surface area (Å²) in [5.41, 5.74) is 2.76. The number of phenolic OH excluding ortho intramolecular Hbond substituents is 2. The van der Waals surface area contributed by atoms with E-state index in [1.807, 2.05) is 0 Å². The highest BCUT2D eigenvalue weighted by Crippen LogP contribution is 2.31. The average molecular weight is 264 g/mol. The van der Waals surface area contributed by atoms with Gasteiger partial charge in [-0.05, 0) is 47.5 Å². The molecule has 0 aliphatic heterocycles. The van der Waals surface area contributed by atoms with Crippen molar-refractivity contribution >= 4 is 16.9 Å². The number of carbonyl (C=O) groups excluding carboxylic acids is 1. The van der Waals surface area contributed by atoms with Crippen LogP contribution < -0.4 is 0 Å². The number of rotatable bonds is 2. The zero-order valence-corrected chi connectivity index (χ0v) is 10.6. The third kappa shape index (κ3) is 2.10. The Morgan fingerprint density at radius 3 is 1.30 bits per heavy atom. The number of phenols is 2. The van der Waals surface area contributed by atoms with Crippen LogP contribution in [0.2, 0.25) is 0 Å². The molecule has 0 radical (unpaired) electrons. The molecule has 2 N–H and O–H groups in total. The van der Waals surface area contributed by atoms with E-state index in [0.717, 1.165) is 11.1 Å². The molecule has 2 aromatic rings. The minimum absolute atomic E-state index is 0.0543. The number of aromatic hydroxyl groups is 2. The van der Waals surface area contributed by atoms with Crippen LogP contribution in [-0.2, 0) is 4.79 Å². The van der Waals surface area contributed by atoms with Gasteiger partial charge in [-0.15, -0.1) is 0 Å². The van der Waals surface area contributed by atoms with E-state index in [1.165, 1.54) is 0 Å². The van der Waals surface area contributed by atoms with Gasteiger partial charge in [-0.25, -0.2) is 0 Å². The first-order chi connectivity index (χ1) is 9.65. The van der Waals surface area contributed by atoms with E-state index in [1.54, 1.807) is 60.7 Å². The summed E-state index contributed by atoms with van der Waals surface area (Å²) in [5.74, 6) is 0.291. The largest absolute Gasteiger partial charge is 0.508 e. The summed E-state index contributed by atoms with van der Waals surface area (Å²) in [7, 11) is 0. The van der Waals surface area contributed by atoms with Crippen molar-refractivity contribution in [3.8, 4) is 11.5 Å². The van der Waals surface area contributed by atoms with E-state index >= 15 is 0 Å². The van der Waals surface area contributed by atoms with Crippen LogP contribution in [0.25, 0.3) is 11.1 Å². The summed E-state index contributed by atoms with van der Waals surface area (Å²) in [4.78, 5) is 12.4. The highest BCUT2D eigenvalue weighted by atomic mass is 16.3. The first-order valence-corrected chi connectivity index (χ1v) is 6.20. The van der Waals surface area contributed by atoms with E-state index in [4.69, 9.17) is 0 Å². The zero-order chi connectivity index (χ0) is 14.1. The Hall–Kier alpha value is -2.81. The summed E-state index contributed by atoms with van der Waals surface area (Å²) in [6, 6.07) is 13.1. The standard InChI is InChI=1S/C17H12O3/c18-13-5-1-11(2-6-13)15-9-10-16(17(15)20)12-3-7-14(19)8-4-12/h1-10,18-19H. The van der Waals surface area contributed by atoms with Crippen molar-refractivity contribution in [1.82, 2.24) is 0 Å². The number of hydrogen-bond donors (Lipinski definition) is 2. The van der Waals surface area contributed by atoms with Gasteiger partial charge in [0.2, 0.25) is 0 Å². The highest BCUT2D eigenvalue weighted by Gasteiger charge is 2.22. The van der Waals surface area contributed by atoms with Gasteiger partial charge in [0.05, 0.1) is 0 Å². The second-order valence-electron chi connectivity index (χ2n) is 4.58. The first-order valence-electron chi connectivity index (χ1n) is 6.20.